The molecule has 0 rings (SSSR count). The summed E-state index contributed by atoms with van der Waals surface area (Å²) in [6.07, 6.45) is 14.8. The maximum Gasteiger partial charge on any atom is 0.196 e. The predicted molar refractivity (Wildman–Crippen MR) is 145 cm³/mol. The Labute approximate surface area is 209 Å². The van der Waals surface area contributed by atoms with E-state index in [1.807, 2.05) is 0 Å². The van der Waals surface area contributed by atoms with Crippen LogP contribution in [0.15, 0.2) is 0 Å². The Kier molecular flexibility index (Phi) is 19.0. The molecule has 0 N–H and O–H groups in total. The van der Waals surface area contributed by atoms with E-state index in [1.165, 1.54) is 57.8 Å². The SMILES string of the molecule is CC(C)CCCCCOCC(OCCCCCC(C)C)(OCCCCCC(C)C)C(C)(C)C. The minimum atomic E-state index is -0.666. The Balaban J connectivity index is 4.72. The Morgan fingerprint density at radius 3 is 1.18 bits per heavy atom. The normalized spacial score (nSPS) is 13.1. The molecule has 33 heavy (non-hydrogen) atoms. The summed E-state index contributed by atoms with van der Waals surface area (Å²) in [7, 11) is 0. The van der Waals surface area contributed by atoms with Crippen LogP contribution in [0.4, 0.5) is 0 Å². The standard InChI is InChI=1S/C30H62O3/c1-26(2)19-13-10-16-22-31-25-30(29(7,8)9,32-23-17-11-14-20-27(3)4)33-24-18-12-15-21-28(5)6/h26-28H,10-25H2,1-9H3. The zero-order chi connectivity index (χ0) is 25.2. The zero-order valence-electron chi connectivity index (χ0n) is 24.3. The van der Waals surface area contributed by atoms with Crippen LogP contribution >= 0.6 is 0 Å². The number of hydrogen-bond donors (Lipinski definition) is 0. The molecular formula is C30H62O3. The lowest BCUT2D eigenvalue weighted by Gasteiger charge is -2.44. The quantitative estimate of drug-likeness (QED) is 0.116. The highest BCUT2D eigenvalue weighted by Gasteiger charge is 2.44. The van der Waals surface area contributed by atoms with Gasteiger partial charge >= 0.3 is 0 Å². The average Bonchev–Trinajstić information content (AvgIpc) is 2.70. The van der Waals surface area contributed by atoms with E-state index in [4.69, 9.17) is 14.2 Å². The molecule has 0 unspecified atom stereocenters. The topological polar surface area (TPSA) is 27.7 Å². The summed E-state index contributed by atoms with van der Waals surface area (Å²) < 4.78 is 19.3. The van der Waals surface area contributed by atoms with Gasteiger partial charge in [-0.2, -0.15) is 0 Å². The van der Waals surface area contributed by atoms with Crippen LogP contribution in [0.3, 0.4) is 0 Å². The molecular weight excluding hydrogens is 408 g/mol. The van der Waals surface area contributed by atoms with Gasteiger partial charge in [0.1, 0.15) is 6.61 Å². The Morgan fingerprint density at radius 1 is 0.485 bits per heavy atom. The first-order valence-electron chi connectivity index (χ1n) is 14.4. The van der Waals surface area contributed by atoms with E-state index < -0.39 is 5.79 Å². The van der Waals surface area contributed by atoms with E-state index in [0.717, 1.165) is 56.8 Å². The van der Waals surface area contributed by atoms with Crippen LogP contribution in [-0.4, -0.2) is 32.2 Å². The molecule has 3 nitrogen and oxygen atoms in total. The third-order valence-corrected chi connectivity index (χ3v) is 6.53. The van der Waals surface area contributed by atoms with Crippen LogP contribution in [0, 0.1) is 23.2 Å². The first-order chi connectivity index (χ1) is 15.5. The van der Waals surface area contributed by atoms with Gasteiger partial charge in [-0.1, -0.05) is 120 Å². The van der Waals surface area contributed by atoms with Gasteiger partial charge in [-0.25, -0.2) is 0 Å². The molecule has 0 heterocycles. The van der Waals surface area contributed by atoms with Gasteiger partial charge < -0.3 is 14.2 Å². The van der Waals surface area contributed by atoms with Crippen molar-refractivity contribution in [1.82, 2.24) is 0 Å². The molecule has 0 atom stereocenters. The van der Waals surface area contributed by atoms with Crippen molar-refractivity contribution < 1.29 is 14.2 Å². The van der Waals surface area contributed by atoms with Gasteiger partial charge in [-0.15, -0.1) is 0 Å². The lowest BCUT2D eigenvalue weighted by atomic mass is 9.85. The summed E-state index contributed by atoms with van der Waals surface area (Å²) in [5.41, 5.74) is -0.138. The summed E-state index contributed by atoms with van der Waals surface area (Å²) >= 11 is 0. The van der Waals surface area contributed by atoms with Crippen molar-refractivity contribution in [1.29, 1.82) is 0 Å². The van der Waals surface area contributed by atoms with Crippen LogP contribution in [0.5, 0.6) is 0 Å². The number of ether oxygens (including phenoxy) is 3. The van der Waals surface area contributed by atoms with Crippen LogP contribution in [0.25, 0.3) is 0 Å². The first-order valence-corrected chi connectivity index (χ1v) is 14.4. The fourth-order valence-corrected chi connectivity index (χ4v) is 4.05. The van der Waals surface area contributed by atoms with Crippen molar-refractivity contribution >= 4 is 0 Å². The molecule has 0 aromatic heterocycles. The number of hydrogen-bond acceptors (Lipinski definition) is 3. The van der Waals surface area contributed by atoms with Crippen molar-refractivity contribution in [3.63, 3.8) is 0 Å². The predicted octanol–water partition coefficient (Wildman–Crippen LogP) is 9.43. The Hall–Kier alpha value is -0.120. The molecule has 200 valence electrons. The molecule has 0 aliphatic rings. The molecule has 0 radical (unpaired) electrons. The van der Waals surface area contributed by atoms with Crippen LogP contribution < -0.4 is 0 Å². The summed E-state index contributed by atoms with van der Waals surface area (Å²) in [6, 6.07) is 0. The fourth-order valence-electron chi connectivity index (χ4n) is 4.05. The van der Waals surface area contributed by atoms with Crippen molar-refractivity contribution in [2.45, 2.75) is 145 Å². The number of unbranched alkanes of at least 4 members (excludes halogenated alkanes) is 6. The highest BCUT2D eigenvalue weighted by molar-refractivity contribution is 4.85. The second-order valence-electron chi connectivity index (χ2n) is 12.5. The minimum Gasteiger partial charge on any atom is -0.376 e. The Bertz CT molecular complexity index is 403. The third-order valence-electron chi connectivity index (χ3n) is 6.53. The number of rotatable bonds is 22. The lowest BCUT2D eigenvalue weighted by molar-refractivity contribution is -0.309. The monoisotopic (exact) mass is 470 g/mol. The first kappa shape index (κ1) is 32.9. The maximum atomic E-state index is 6.56. The Morgan fingerprint density at radius 2 is 0.848 bits per heavy atom. The second-order valence-corrected chi connectivity index (χ2v) is 12.5. The van der Waals surface area contributed by atoms with Crippen molar-refractivity contribution in [3.05, 3.63) is 0 Å². The molecule has 0 saturated carbocycles. The van der Waals surface area contributed by atoms with E-state index in [0.29, 0.717) is 6.61 Å². The van der Waals surface area contributed by atoms with E-state index in [-0.39, 0.29) is 5.41 Å². The van der Waals surface area contributed by atoms with E-state index in [2.05, 4.69) is 62.3 Å². The summed E-state index contributed by atoms with van der Waals surface area (Å²) in [6.45, 7) is 23.3. The van der Waals surface area contributed by atoms with E-state index in [1.54, 1.807) is 0 Å². The van der Waals surface area contributed by atoms with Gasteiger partial charge in [-0.3, -0.25) is 0 Å². The highest BCUT2D eigenvalue weighted by atomic mass is 16.7. The van der Waals surface area contributed by atoms with Gasteiger partial charge in [0.2, 0.25) is 0 Å². The minimum absolute atomic E-state index is 0.138. The molecule has 0 aliphatic carbocycles. The van der Waals surface area contributed by atoms with Crippen LogP contribution in [-0.2, 0) is 14.2 Å². The summed E-state index contributed by atoms with van der Waals surface area (Å²) in [5.74, 6) is 1.70. The highest BCUT2D eigenvalue weighted by Crippen LogP contribution is 2.36. The molecule has 3 heteroatoms. The summed E-state index contributed by atoms with van der Waals surface area (Å²) in [5, 5.41) is 0. The summed E-state index contributed by atoms with van der Waals surface area (Å²) in [4.78, 5) is 0. The largest absolute Gasteiger partial charge is 0.376 e. The molecule has 0 amide bonds. The van der Waals surface area contributed by atoms with Crippen LogP contribution in [0.1, 0.15) is 139 Å². The molecule has 0 fully saturated rings. The van der Waals surface area contributed by atoms with Crippen molar-refractivity contribution in [2.24, 2.45) is 23.2 Å². The van der Waals surface area contributed by atoms with E-state index >= 15 is 0 Å². The third kappa shape index (κ3) is 17.9. The van der Waals surface area contributed by atoms with Gasteiger partial charge in [0.15, 0.2) is 5.79 Å². The second kappa shape index (κ2) is 19.1. The van der Waals surface area contributed by atoms with Crippen LogP contribution in [0.2, 0.25) is 0 Å². The molecule has 0 spiro atoms. The lowest BCUT2D eigenvalue weighted by Crippen LogP contribution is -2.52. The van der Waals surface area contributed by atoms with Gasteiger partial charge in [0.25, 0.3) is 0 Å². The fraction of sp³-hybridized carbons (Fsp3) is 1.00. The molecule has 0 saturated heterocycles. The molecule has 0 aromatic carbocycles. The molecule has 0 aromatic rings. The van der Waals surface area contributed by atoms with Gasteiger partial charge in [0, 0.05) is 12.0 Å². The average molecular weight is 471 g/mol. The van der Waals surface area contributed by atoms with Gasteiger partial charge in [0.05, 0.1) is 13.2 Å². The van der Waals surface area contributed by atoms with E-state index in [9.17, 15) is 0 Å². The van der Waals surface area contributed by atoms with Crippen molar-refractivity contribution in [2.75, 3.05) is 26.4 Å². The zero-order valence-corrected chi connectivity index (χ0v) is 24.3. The van der Waals surface area contributed by atoms with Crippen molar-refractivity contribution in [3.8, 4) is 0 Å². The maximum absolute atomic E-state index is 6.56. The molecule has 0 aliphatic heterocycles. The smallest absolute Gasteiger partial charge is 0.196 e. The van der Waals surface area contributed by atoms with Gasteiger partial charge in [-0.05, 0) is 37.0 Å². The molecule has 0 bridgehead atoms.